The number of hydrogen-bond acceptors (Lipinski definition) is 5. The minimum atomic E-state index is -0.395. The van der Waals surface area contributed by atoms with Crippen LogP contribution < -0.4 is 11.1 Å². The molecule has 1 amide bonds. The van der Waals surface area contributed by atoms with Gasteiger partial charge in [0.2, 0.25) is 0 Å². The third-order valence-electron chi connectivity index (χ3n) is 1.29. The van der Waals surface area contributed by atoms with Crippen LogP contribution in [0.5, 0.6) is 0 Å². The first kappa shape index (κ1) is 10.1. The largest absolute Gasteiger partial charge is 0.349 e. The van der Waals surface area contributed by atoms with E-state index in [-0.39, 0.29) is 5.91 Å². The first-order chi connectivity index (χ1) is 5.99. The van der Waals surface area contributed by atoms with E-state index in [0.717, 1.165) is 11.5 Å². The second kappa shape index (κ2) is 3.80. The molecule has 1 heterocycles. The van der Waals surface area contributed by atoms with E-state index in [1.807, 2.05) is 13.8 Å². The standard InChI is InChI=1S/C7H12N4OS/c1-7(2,8)4-9-6(12)5-3-10-11-13-5/h3H,4,8H2,1-2H3,(H,9,12). The second-order valence-corrected chi connectivity index (χ2v) is 4.24. The molecule has 0 radical (unpaired) electrons. The molecule has 0 spiro atoms. The van der Waals surface area contributed by atoms with Crippen LogP contribution in [0.25, 0.3) is 0 Å². The van der Waals surface area contributed by atoms with Crippen LogP contribution in [0.3, 0.4) is 0 Å². The molecule has 1 rings (SSSR count). The summed E-state index contributed by atoms with van der Waals surface area (Å²) in [5.74, 6) is -0.173. The molecule has 1 aromatic heterocycles. The number of aromatic nitrogens is 2. The maximum Gasteiger partial charge on any atom is 0.264 e. The molecular formula is C7H12N4OS. The molecule has 0 aliphatic heterocycles. The maximum absolute atomic E-state index is 11.3. The van der Waals surface area contributed by atoms with Gasteiger partial charge in [-0.15, -0.1) is 5.10 Å². The molecule has 3 N–H and O–H groups in total. The van der Waals surface area contributed by atoms with Crippen molar-refractivity contribution in [1.29, 1.82) is 0 Å². The summed E-state index contributed by atoms with van der Waals surface area (Å²) in [6.45, 7) is 4.13. The van der Waals surface area contributed by atoms with Crippen molar-refractivity contribution >= 4 is 17.4 Å². The van der Waals surface area contributed by atoms with Crippen LogP contribution in [0.1, 0.15) is 23.5 Å². The lowest BCUT2D eigenvalue weighted by Crippen LogP contribution is -2.44. The van der Waals surface area contributed by atoms with Crippen molar-refractivity contribution in [3.8, 4) is 0 Å². The normalized spacial score (nSPS) is 11.3. The van der Waals surface area contributed by atoms with Gasteiger partial charge in [0.05, 0.1) is 6.20 Å². The molecule has 0 aliphatic rings. The molecule has 0 fully saturated rings. The lowest BCUT2D eigenvalue weighted by molar-refractivity contribution is 0.0950. The van der Waals surface area contributed by atoms with Gasteiger partial charge in [-0.3, -0.25) is 4.79 Å². The topological polar surface area (TPSA) is 80.9 Å². The maximum atomic E-state index is 11.3. The van der Waals surface area contributed by atoms with Crippen molar-refractivity contribution in [3.05, 3.63) is 11.1 Å². The number of nitrogens with one attached hydrogen (secondary N) is 1. The van der Waals surface area contributed by atoms with E-state index in [9.17, 15) is 4.79 Å². The summed E-state index contributed by atoms with van der Waals surface area (Å²) in [7, 11) is 0. The summed E-state index contributed by atoms with van der Waals surface area (Å²) in [6.07, 6.45) is 1.43. The van der Waals surface area contributed by atoms with Gasteiger partial charge in [0, 0.05) is 12.1 Å². The third kappa shape index (κ3) is 3.47. The van der Waals surface area contributed by atoms with Crippen LogP contribution in [0.4, 0.5) is 0 Å². The first-order valence-electron chi connectivity index (χ1n) is 3.83. The Bertz CT molecular complexity index is 277. The van der Waals surface area contributed by atoms with Crippen molar-refractivity contribution in [2.24, 2.45) is 5.73 Å². The van der Waals surface area contributed by atoms with Gasteiger partial charge in [-0.1, -0.05) is 4.49 Å². The Labute approximate surface area is 80.5 Å². The number of amides is 1. The lowest BCUT2D eigenvalue weighted by atomic mass is 10.1. The Morgan fingerprint density at radius 2 is 2.46 bits per heavy atom. The minimum Gasteiger partial charge on any atom is -0.349 e. The molecule has 0 atom stereocenters. The van der Waals surface area contributed by atoms with Crippen molar-refractivity contribution < 1.29 is 4.79 Å². The molecule has 13 heavy (non-hydrogen) atoms. The Balaban J connectivity index is 2.44. The Hall–Kier alpha value is -1.01. The molecular weight excluding hydrogens is 188 g/mol. The Morgan fingerprint density at radius 1 is 1.77 bits per heavy atom. The number of carbonyl (C=O) groups excluding carboxylic acids is 1. The molecule has 0 saturated carbocycles. The van der Waals surface area contributed by atoms with Crippen molar-refractivity contribution in [2.75, 3.05) is 6.54 Å². The van der Waals surface area contributed by atoms with E-state index in [1.165, 1.54) is 6.20 Å². The van der Waals surface area contributed by atoms with E-state index >= 15 is 0 Å². The predicted octanol–water partition coefficient (Wildman–Crippen LogP) is 0.00520. The zero-order chi connectivity index (χ0) is 9.90. The van der Waals surface area contributed by atoms with Crippen LogP contribution >= 0.6 is 11.5 Å². The zero-order valence-electron chi connectivity index (χ0n) is 7.57. The highest BCUT2D eigenvalue weighted by atomic mass is 32.1. The number of hydrogen-bond donors (Lipinski definition) is 2. The van der Waals surface area contributed by atoms with E-state index in [2.05, 4.69) is 14.9 Å². The number of nitrogens with two attached hydrogens (primary N) is 1. The van der Waals surface area contributed by atoms with Crippen molar-refractivity contribution in [1.82, 2.24) is 14.9 Å². The second-order valence-electron chi connectivity index (χ2n) is 3.45. The Kier molecular flexibility index (Phi) is 2.94. The van der Waals surface area contributed by atoms with Gasteiger partial charge in [0.25, 0.3) is 5.91 Å². The molecule has 1 aromatic rings. The van der Waals surface area contributed by atoms with Crippen LogP contribution in [-0.2, 0) is 0 Å². The summed E-state index contributed by atoms with van der Waals surface area (Å²) in [5.41, 5.74) is 5.30. The zero-order valence-corrected chi connectivity index (χ0v) is 8.39. The molecule has 0 aliphatic carbocycles. The van der Waals surface area contributed by atoms with E-state index < -0.39 is 5.54 Å². The van der Waals surface area contributed by atoms with Crippen molar-refractivity contribution in [3.63, 3.8) is 0 Å². The quantitative estimate of drug-likeness (QED) is 0.720. The van der Waals surface area contributed by atoms with Crippen LogP contribution in [0.2, 0.25) is 0 Å². The minimum absolute atomic E-state index is 0.173. The smallest absolute Gasteiger partial charge is 0.264 e. The highest BCUT2D eigenvalue weighted by Crippen LogP contribution is 2.01. The average Bonchev–Trinajstić information content (AvgIpc) is 2.50. The van der Waals surface area contributed by atoms with Crippen LogP contribution in [-0.4, -0.2) is 27.6 Å². The van der Waals surface area contributed by atoms with Gasteiger partial charge in [-0.05, 0) is 25.4 Å². The van der Waals surface area contributed by atoms with E-state index in [1.54, 1.807) is 0 Å². The fraction of sp³-hybridized carbons (Fsp3) is 0.571. The van der Waals surface area contributed by atoms with Gasteiger partial charge in [0.15, 0.2) is 0 Å². The summed E-state index contributed by atoms with van der Waals surface area (Å²) in [4.78, 5) is 11.8. The molecule has 0 unspecified atom stereocenters. The molecule has 72 valence electrons. The first-order valence-corrected chi connectivity index (χ1v) is 4.61. The lowest BCUT2D eigenvalue weighted by Gasteiger charge is -2.18. The van der Waals surface area contributed by atoms with Crippen LogP contribution in [0, 0.1) is 0 Å². The van der Waals surface area contributed by atoms with Crippen LogP contribution in [0.15, 0.2) is 6.20 Å². The van der Waals surface area contributed by atoms with Gasteiger partial charge >= 0.3 is 0 Å². The van der Waals surface area contributed by atoms with Gasteiger partial charge in [0.1, 0.15) is 4.88 Å². The van der Waals surface area contributed by atoms with Gasteiger partial charge in [-0.2, -0.15) is 0 Å². The summed E-state index contributed by atoms with van der Waals surface area (Å²) in [5, 5.41) is 6.26. The fourth-order valence-corrected chi connectivity index (χ4v) is 1.09. The number of nitrogens with zero attached hydrogens (tertiary/aromatic N) is 2. The van der Waals surface area contributed by atoms with E-state index in [0.29, 0.717) is 11.4 Å². The molecule has 0 aromatic carbocycles. The summed E-state index contributed by atoms with van der Waals surface area (Å²) >= 11 is 1.07. The van der Waals surface area contributed by atoms with E-state index in [4.69, 9.17) is 5.73 Å². The number of rotatable bonds is 3. The van der Waals surface area contributed by atoms with Gasteiger partial charge in [-0.25, -0.2) is 0 Å². The Morgan fingerprint density at radius 3 is 2.92 bits per heavy atom. The highest BCUT2D eigenvalue weighted by Gasteiger charge is 2.14. The number of carbonyl (C=O) groups is 1. The van der Waals surface area contributed by atoms with Gasteiger partial charge < -0.3 is 11.1 Å². The SMILES string of the molecule is CC(C)(N)CNC(=O)c1cnns1. The molecule has 5 nitrogen and oxygen atoms in total. The predicted molar refractivity (Wildman–Crippen MR) is 50.5 cm³/mol. The molecule has 0 bridgehead atoms. The third-order valence-corrected chi connectivity index (χ3v) is 1.95. The van der Waals surface area contributed by atoms with Crippen molar-refractivity contribution in [2.45, 2.75) is 19.4 Å². The molecule has 6 heteroatoms. The summed E-state index contributed by atoms with van der Waals surface area (Å²) < 4.78 is 3.59. The average molecular weight is 200 g/mol. The fourth-order valence-electron chi connectivity index (χ4n) is 0.662. The highest BCUT2D eigenvalue weighted by molar-refractivity contribution is 7.07. The molecule has 0 saturated heterocycles. The monoisotopic (exact) mass is 200 g/mol. The summed E-state index contributed by atoms with van der Waals surface area (Å²) in [6, 6.07) is 0.